The van der Waals surface area contributed by atoms with Crippen molar-refractivity contribution in [2.24, 2.45) is 5.92 Å². The molecular weight excluding hydrogens is 296 g/mol. The minimum absolute atomic E-state index is 0.0000658. The average Bonchev–Trinajstić information content (AvgIpc) is 3.17. The quantitative estimate of drug-likeness (QED) is 0.919. The molecule has 3 heterocycles. The van der Waals surface area contributed by atoms with Gasteiger partial charge in [-0.3, -0.25) is 14.8 Å². The number of hydrogen-bond donors (Lipinski definition) is 1. The first-order valence-corrected chi connectivity index (χ1v) is 8.29. The van der Waals surface area contributed by atoms with Crippen LogP contribution in [0.15, 0.2) is 12.4 Å². The first-order chi connectivity index (χ1) is 11.1. The van der Waals surface area contributed by atoms with Crippen LogP contribution >= 0.6 is 0 Å². The molecule has 1 atom stereocenters. The number of piperidine rings is 1. The maximum absolute atomic E-state index is 12.3. The highest BCUT2D eigenvalue weighted by atomic mass is 16.6. The number of nitrogens with one attached hydrogen (secondary N) is 1. The number of ether oxygens (including phenoxy) is 1. The molecule has 3 rings (SSSR count). The van der Waals surface area contributed by atoms with Crippen LogP contribution in [0.1, 0.15) is 43.5 Å². The Balaban J connectivity index is 1.59. The van der Waals surface area contributed by atoms with Gasteiger partial charge in [0.25, 0.3) is 5.91 Å². The zero-order valence-corrected chi connectivity index (χ0v) is 13.7. The molecular formula is C16H24N4O3. The fraction of sp³-hybridized carbons (Fsp3) is 0.688. The summed E-state index contributed by atoms with van der Waals surface area (Å²) in [5.74, 6) is 0.527. The van der Waals surface area contributed by atoms with Crippen molar-refractivity contribution >= 4 is 12.0 Å². The van der Waals surface area contributed by atoms with Crippen molar-refractivity contribution in [2.45, 2.75) is 45.2 Å². The molecule has 23 heavy (non-hydrogen) atoms. The van der Waals surface area contributed by atoms with Crippen molar-refractivity contribution in [2.75, 3.05) is 19.7 Å². The monoisotopic (exact) mass is 320 g/mol. The average molecular weight is 320 g/mol. The Morgan fingerprint density at radius 1 is 1.43 bits per heavy atom. The molecule has 0 aliphatic carbocycles. The molecule has 7 heteroatoms. The van der Waals surface area contributed by atoms with E-state index < -0.39 is 0 Å². The van der Waals surface area contributed by atoms with E-state index in [1.165, 1.54) is 0 Å². The molecule has 0 bridgehead atoms. The molecule has 0 radical (unpaired) electrons. The Morgan fingerprint density at radius 3 is 2.78 bits per heavy atom. The van der Waals surface area contributed by atoms with E-state index >= 15 is 0 Å². The molecule has 126 valence electrons. The van der Waals surface area contributed by atoms with Crippen LogP contribution in [0.2, 0.25) is 0 Å². The van der Waals surface area contributed by atoms with Gasteiger partial charge in [-0.15, -0.1) is 0 Å². The molecule has 0 aromatic carbocycles. The summed E-state index contributed by atoms with van der Waals surface area (Å²) in [5.41, 5.74) is 0.585. The third-order valence-electron chi connectivity index (χ3n) is 4.64. The van der Waals surface area contributed by atoms with Gasteiger partial charge in [0.1, 0.15) is 6.61 Å². The Hall–Kier alpha value is -2.05. The number of rotatable bonds is 4. The van der Waals surface area contributed by atoms with Crippen LogP contribution in [0, 0.1) is 5.92 Å². The van der Waals surface area contributed by atoms with Gasteiger partial charge in [0.05, 0.1) is 17.8 Å². The maximum Gasteiger partial charge on any atom is 0.410 e. The van der Waals surface area contributed by atoms with Crippen molar-refractivity contribution < 1.29 is 14.3 Å². The number of cyclic esters (lactones) is 1. The summed E-state index contributed by atoms with van der Waals surface area (Å²) in [4.78, 5) is 28.2. The highest BCUT2D eigenvalue weighted by Crippen LogP contribution is 2.27. The van der Waals surface area contributed by atoms with Crippen molar-refractivity contribution in [3.8, 4) is 0 Å². The summed E-state index contributed by atoms with van der Waals surface area (Å²) < 4.78 is 5.26. The normalized spacial score (nSPS) is 22.7. The summed E-state index contributed by atoms with van der Waals surface area (Å²) in [7, 11) is 0. The molecule has 2 aliphatic heterocycles. The van der Waals surface area contributed by atoms with Gasteiger partial charge >= 0.3 is 6.09 Å². The Labute approximate surface area is 136 Å². The molecule has 1 aromatic rings. The molecule has 0 spiro atoms. The molecule has 1 aromatic heterocycles. The van der Waals surface area contributed by atoms with Crippen molar-refractivity contribution in [1.29, 1.82) is 0 Å². The number of hydrogen-bond acceptors (Lipinski definition) is 4. The van der Waals surface area contributed by atoms with E-state index in [9.17, 15) is 9.59 Å². The highest BCUT2D eigenvalue weighted by molar-refractivity contribution is 5.93. The molecule has 2 saturated heterocycles. The number of amides is 2. The third-order valence-corrected chi connectivity index (χ3v) is 4.64. The number of carbonyl (C=O) groups excluding carboxylic acids is 2. The van der Waals surface area contributed by atoms with E-state index in [-0.39, 0.29) is 24.1 Å². The standard InChI is InChI=1S/C16H24N4O3/c1-11(2)7-14-10-23-16(22)20(14)13-3-5-19(6-4-13)15(21)12-8-17-18-9-12/h8-9,11,13-14H,3-7,10H2,1-2H3,(H,17,18)/t14-/m0/s1. The van der Waals surface area contributed by atoms with Crippen LogP contribution in [0.25, 0.3) is 0 Å². The minimum atomic E-state index is -0.199. The largest absolute Gasteiger partial charge is 0.447 e. The lowest BCUT2D eigenvalue weighted by atomic mass is 9.98. The Bertz CT molecular complexity index is 550. The maximum atomic E-state index is 12.3. The molecule has 2 aliphatic rings. The fourth-order valence-corrected chi connectivity index (χ4v) is 3.54. The van der Waals surface area contributed by atoms with Gasteiger partial charge in [-0.2, -0.15) is 5.10 Å². The lowest BCUT2D eigenvalue weighted by Crippen LogP contribution is -2.50. The minimum Gasteiger partial charge on any atom is -0.447 e. The van der Waals surface area contributed by atoms with Gasteiger partial charge in [-0.25, -0.2) is 4.79 Å². The number of carbonyl (C=O) groups is 2. The van der Waals surface area contributed by atoms with E-state index in [4.69, 9.17) is 4.74 Å². The van der Waals surface area contributed by atoms with E-state index in [0.717, 1.165) is 19.3 Å². The van der Waals surface area contributed by atoms with E-state index in [2.05, 4.69) is 24.0 Å². The van der Waals surface area contributed by atoms with Gasteiger partial charge < -0.3 is 9.64 Å². The van der Waals surface area contributed by atoms with Crippen LogP contribution in [0.5, 0.6) is 0 Å². The second-order valence-corrected chi connectivity index (χ2v) is 6.78. The fourth-order valence-electron chi connectivity index (χ4n) is 3.54. The zero-order valence-electron chi connectivity index (χ0n) is 13.7. The summed E-state index contributed by atoms with van der Waals surface area (Å²) >= 11 is 0. The van der Waals surface area contributed by atoms with Crippen LogP contribution in [0.4, 0.5) is 4.79 Å². The van der Waals surface area contributed by atoms with Crippen LogP contribution in [-0.4, -0.2) is 63.8 Å². The second kappa shape index (κ2) is 6.60. The second-order valence-electron chi connectivity index (χ2n) is 6.78. The summed E-state index contributed by atoms with van der Waals surface area (Å²) in [6.45, 7) is 6.13. The zero-order chi connectivity index (χ0) is 16.4. The Morgan fingerprint density at radius 2 is 2.17 bits per heavy atom. The van der Waals surface area contributed by atoms with Crippen molar-refractivity contribution in [3.63, 3.8) is 0 Å². The van der Waals surface area contributed by atoms with Crippen LogP contribution in [-0.2, 0) is 4.74 Å². The van der Waals surface area contributed by atoms with Crippen molar-refractivity contribution in [3.05, 3.63) is 18.0 Å². The smallest absolute Gasteiger partial charge is 0.410 e. The number of aromatic amines is 1. The summed E-state index contributed by atoms with van der Waals surface area (Å²) in [5, 5.41) is 6.49. The van der Waals surface area contributed by atoms with E-state index in [1.807, 2.05) is 9.80 Å². The molecule has 1 N–H and O–H groups in total. The number of likely N-dealkylation sites (tertiary alicyclic amines) is 1. The molecule has 2 amide bonds. The molecule has 7 nitrogen and oxygen atoms in total. The van der Waals surface area contributed by atoms with Gasteiger partial charge in [0, 0.05) is 25.3 Å². The Kier molecular flexibility index (Phi) is 4.54. The summed E-state index contributed by atoms with van der Waals surface area (Å²) in [6.07, 6.45) is 5.52. The third kappa shape index (κ3) is 3.33. The first-order valence-electron chi connectivity index (χ1n) is 8.29. The predicted octanol–water partition coefficient (Wildman–Crippen LogP) is 1.88. The van der Waals surface area contributed by atoms with Crippen LogP contribution in [0.3, 0.4) is 0 Å². The SMILES string of the molecule is CC(C)C[C@H]1COC(=O)N1C1CCN(C(=O)c2cn[nH]c2)CC1. The van der Waals surface area contributed by atoms with Crippen LogP contribution < -0.4 is 0 Å². The molecule has 0 saturated carbocycles. The van der Waals surface area contributed by atoms with Gasteiger partial charge in [0.15, 0.2) is 0 Å². The van der Waals surface area contributed by atoms with E-state index in [1.54, 1.807) is 12.4 Å². The van der Waals surface area contributed by atoms with E-state index in [0.29, 0.717) is 31.2 Å². The van der Waals surface area contributed by atoms with Gasteiger partial charge in [-0.05, 0) is 25.2 Å². The topological polar surface area (TPSA) is 78.5 Å². The van der Waals surface area contributed by atoms with Gasteiger partial charge in [0.2, 0.25) is 0 Å². The lowest BCUT2D eigenvalue weighted by Gasteiger charge is -2.38. The summed E-state index contributed by atoms with van der Waals surface area (Å²) in [6, 6.07) is 0.339. The van der Waals surface area contributed by atoms with Crippen molar-refractivity contribution in [1.82, 2.24) is 20.0 Å². The molecule has 0 unspecified atom stereocenters. The predicted molar refractivity (Wildman–Crippen MR) is 83.9 cm³/mol. The lowest BCUT2D eigenvalue weighted by molar-refractivity contribution is 0.0630. The number of nitrogens with zero attached hydrogens (tertiary/aromatic N) is 3. The first kappa shape index (κ1) is 15.8. The number of aromatic nitrogens is 2. The highest BCUT2D eigenvalue weighted by Gasteiger charge is 2.39. The molecule has 2 fully saturated rings. The van der Waals surface area contributed by atoms with Gasteiger partial charge in [-0.1, -0.05) is 13.8 Å². The number of H-pyrrole nitrogens is 1.